The summed E-state index contributed by atoms with van der Waals surface area (Å²) in [6.07, 6.45) is -0.944. The second-order valence-electron chi connectivity index (χ2n) is 3.32. The summed E-state index contributed by atoms with van der Waals surface area (Å²) in [5.74, 6) is -0.438. The number of carbonyl (C=O) groups excluding carboxylic acids is 1. The van der Waals surface area contributed by atoms with Crippen LogP contribution >= 0.6 is 11.3 Å². The monoisotopic (exact) mass is 237 g/mol. The summed E-state index contributed by atoms with van der Waals surface area (Å²) in [5, 5.41) is 10.3. The van der Waals surface area contributed by atoms with Crippen molar-refractivity contribution in [2.45, 2.75) is 12.5 Å². The van der Waals surface area contributed by atoms with Gasteiger partial charge in [0.15, 0.2) is 0 Å². The molecule has 2 rings (SSSR count). The highest BCUT2D eigenvalue weighted by atomic mass is 32.1. The Hall–Kier alpha value is -1.46. The van der Waals surface area contributed by atoms with Crippen LogP contribution in [0.3, 0.4) is 0 Å². The highest BCUT2D eigenvalue weighted by molar-refractivity contribution is 7.18. The molecule has 1 aromatic carbocycles. The Kier molecular flexibility index (Phi) is 3.17. The Balaban J connectivity index is 2.23. The van der Waals surface area contributed by atoms with Gasteiger partial charge in [0.25, 0.3) is 0 Å². The lowest BCUT2D eigenvalue weighted by atomic mass is 10.2. The number of hydrogen-bond donors (Lipinski definition) is 1. The van der Waals surface area contributed by atoms with Crippen molar-refractivity contribution < 1.29 is 14.6 Å². The zero-order valence-electron chi connectivity index (χ0n) is 8.71. The van der Waals surface area contributed by atoms with Gasteiger partial charge in [-0.1, -0.05) is 12.1 Å². The lowest BCUT2D eigenvalue weighted by Gasteiger charge is -2.04. The van der Waals surface area contributed by atoms with Crippen molar-refractivity contribution in [3.05, 3.63) is 29.3 Å². The van der Waals surface area contributed by atoms with Gasteiger partial charge in [-0.3, -0.25) is 4.79 Å². The van der Waals surface area contributed by atoms with Crippen LogP contribution < -0.4 is 0 Å². The van der Waals surface area contributed by atoms with Crippen LogP contribution in [0, 0.1) is 0 Å². The van der Waals surface area contributed by atoms with Gasteiger partial charge >= 0.3 is 5.97 Å². The average molecular weight is 237 g/mol. The number of esters is 1. The van der Waals surface area contributed by atoms with Gasteiger partial charge in [0.2, 0.25) is 0 Å². The Morgan fingerprint density at radius 3 is 3.00 bits per heavy atom. The molecular formula is C11H11NO3S. The van der Waals surface area contributed by atoms with E-state index in [0.717, 1.165) is 10.2 Å². The van der Waals surface area contributed by atoms with Gasteiger partial charge in [-0.05, 0) is 12.1 Å². The van der Waals surface area contributed by atoms with Gasteiger partial charge in [0.1, 0.15) is 11.1 Å². The van der Waals surface area contributed by atoms with Crippen LogP contribution in [0.4, 0.5) is 0 Å². The fourth-order valence-corrected chi connectivity index (χ4v) is 2.31. The Morgan fingerprint density at radius 2 is 2.31 bits per heavy atom. The van der Waals surface area contributed by atoms with Crippen LogP contribution in [-0.4, -0.2) is 23.2 Å². The van der Waals surface area contributed by atoms with E-state index >= 15 is 0 Å². The number of nitrogens with zero attached hydrogens (tertiary/aromatic N) is 1. The number of aliphatic hydroxyl groups is 1. The number of benzene rings is 1. The van der Waals surface area contributed by atoms with Crippen LogP contribution in [0.15, 0.2) is 24.3 Å². The summed E-state index contributed by atoms with van der Waals surface area (Å²) in [6.45, 7) is 0. The maximum absolute atomic E-state index is 11.0. The van der Waals surface area contributed by atoms with Crippen molar-refractivity contribution in [1.82, 2.24) is 4.98 Å². The predicted molar refractivity (Wildman–Crippen MR) is 61.2 cm³/mol. The molecule has 2 aromatic rings. The zero-order valence-corrected chi connectivity index (χ0v) is 9.53. The molecule has 0 aliphatic carbocycles. The normalized spacial score (nSPS) is 12.6. The van der Waals surface area contributed by atoms with Gasteiger partial charge in [-0.15, -0.1) is 11.3 Å². The minimum absolute atomic E-state index is 0.0592. The summed E-state index contributed by atoms with van der Waals surface area (Å²) in [6, 6.07) is 7.61. The summed E-state index contributed by atoms with van der Waals surface area (Å²) in [4.78, 5) is 15.3. The molecule has 0 spiro atoms. The third-order valence-corrected chi connectivity index (χ3v) is 3.32. The quantitative estimate of drug-likeness (QED) is 0.828. The summed E-state index contributed by atoms with van der Waals surface area (Å²) < 4.78 is 5.50. The fourth-order valence-electron chi connectivity index (χ4n) is 1.36. The van der Waals surface area contributed by atoms with Crippen molar-refractivity contribution in [2.75, 3.05) is 7.11 Å². The first-order valence-electron chi connectivity index (χ1n) is 4.81. The molecule has 1 aromatic heterocycles. The first-order valence-corrected chi connectivity index (χ1v) is 5.62. The van der Waals surface area contributed by atoms with Crippen molar-refractivity contribution in [3.63, 3.8) is 0 Å². The van der Waals surface area contributed by atoms with E-state index in [0.29, 0.717) is 5.01 Å². The topological polar surface area (TPSA) is 59.4 Å². The third kappa shape index (κ3) is 2.20. The molecule has 0 unspecified atom stereocenters. The summed E-state index contributed by atoms with van der Waals surface area (Å²) in [5.41, 5.74) is 0.839. The highest BCUT2D eigenvalue weighted by Crippen LogP contribution is 2.27. The number of carbonyl (C=O) groups is 1. The fraction of sp³-hybridized carbons (Fsp3) is 0.273. The van der Waals surface area contributed by atoms with Crippen molar-refractivity contribution in [2.24, 2.45) is 0 Å². The minimum atomic E-state index is -0.884. The van der Waals surface area contributed by atoms with Crippen LogP contribution in [-0.2, 0) is 9.53 Å². The molecular weight excluding hydrogens is 226 g/mol. The third-order valence-electron chi connectivity index (χ3n) is 2.18. The maximum Gasteiger partial charge on any atom is 0.308 e. The number of aromatic nitrogens is 1. The first-order chi connectivity index (χ1) is 7.70. The molecule has 84 valence electrons. The first kappa shape index (κ1) is 11.0. The van der Waals surface area contributed by atoms with Crippen LogP contribution in [0.1, 0.15) is 17.5 Å². The number of methoxy groups -OCH3 is 1. The van der Waals surface area contributed by atoms with Gasteiger partial charge in [0.05, 0.1) is 23.7 Å². The average Bonchev–Trinajstić information content (AvgIpc) is 2.72. The summed E-state index contributed by atoms with van der Waals surface area (Å²) in [7, 11) is 1.30. The van der Waals surface area contributed by atoms with Gasteiger partial charge in [-0.25, -0.2) is 4.98 Å². The van der Waals surface area contributed by atoms with E-state index in [1.165, 1.54) is 18.4 Å². The van der Waals surface area contributed by atoms with E-state index in [4.69, 9.17) is 0 Å². The van der Waals surface area contributed by atoms with E-state index in [9.17, 15) is 9.90 Å². The lowest BCUT2D eigenvalue weighted by molar-refractivity contribution is -0.142. The SMILES string of the molecule is COC(=O)C[C@@H](O)c1nc2ccccc2s1. The molecule has 1 N–H and O–H groups in total. The Labute approximate surface area is 96.5 Å². The smallest absolute Gasteiger partial charge is 0.308 e. The number of fused-ring (bicyclic) bond motifs is 1. The standard InChI is InChI=1S/C11H11NO3S/c1-15-10(14)6-8(13)11-12-7-4-2-3-5-9(7)16-11/h2-5,8,13H,6H2,1H3/t8-/m1/s1. The molecule has 0 saturated heterocycles. The number of aliphatic hydroxyl groups excluding tert-OH is 1. The van der Waals surface area contributed by atoms with Crippen LogP contribution in [0.2, 0.25) is 0 Å². The van der Waals surface area contributed by atoms with Gasteiger partial charge < -0.3 is 9.84 Å². The Bertz CT molecular complexity index is 476. The molecule has 0 aliphatic rings. The van der Waals surface area contributed by atoms with Crippen LogP contribution in [0.5, 0.6) is 0 Å². The minimum Gasteiger partial charge on any atom is -0.469 e. The number of thiazole rings is 1. The molecule has 16 heavy (non-hydrogen) atoms. The molecule has 0 fully saturated rings. The van der Waals surface area contributed by atoms with E-state index in [-0.39, 0.29) is 6.42 Å². The van der Waals surface area contributed by atoms with Crippen molar-refractivity contribution >= 4 is 27.5 Å². The number of ether oxygens (including phenoxy) is 1. The van der Waals surface area contributed by atoms with Crippen molar-refractivity contribution in [1.29, 1.82) is 0 Å². The molecule has 0 aliphatic heterocycles. The molecule has 4 nitrogen and oxygen atoms in total. The molecule has 0 bridgehead atoms. The van der Waals surface area contributed by atoms with E-state index in [1.54, 1.807) is 0 Å². The second kappa shape index (κ2) is 4.59. The molecule has 1 heterocycles. The predicted octanol–water partition coefficient (Wildman–Crippen LogP) is 1.89. The molecule has 0 radical (unpaired) electrons. The highest BCUT2D eigenvalue weighted by Gasteiger charge is 2.17. The summed E-state index contributed by atoms with van der Waals surface area (Å²) >= 11 is 1.39. The molecule has 5 heteroatoms. The van der Waals surface area contributed by atoms with Crippen LogP contribution in [0.25, 0.3) is 10.2 Å². The van der Waals surface area contributed by atoms with Crippen molar-refractivity contribution in [3.8, 4) is 0 Å². The van der Waals surface area contributed by atoms with Gasteiger partial charge in [-0.2, -0.15) is 0 Å². The second-order valence-corrected chi connectivity index (χ2v) is 4.38. The molecule has 0 saturated carbocycles. The maximum atomic E-state index is 11.0. The largest absolute Gasteiger partial charge is 0.469 e. The number of hydrogen-bond acceptors (Lipinski definition) is 5. The van der Waals surface area contributed by atoms with Gasteiger partial charge in [0, 0.05) is 0 Å². The molecule has 1 atom stereocenters. The molecule has 0 amide bonds. The number of rotatable bonds is 3. The zero-order chi connectivity index (χ0) is 11.5. The number of para-hydroxylation sites is 1. The lowest BCUT2D eigenvalue weighted by Crippen LogP contribution is -2.07. The van der Waals surface area contributed by atoms with E-state index in [2.05, 4.69) is 9.72 Å². The van der Waals surface area contributed by atoms with E-state index < -0.39 is 12.1 Å². The Morgan fingerprint density at radius 1 is 1.56 bits per heavy atom. The van der Waals surface area contributed by atoms with E-state index in [1.807, 2.05) is 24.3 Å².